The summed E-state index contributed by atoms with van der Waals surface area (Å²) in [5.74, 6) is -0.113. The lowest BCUT2D eigenvalue weighted by molar-refractivity contribution is -0.145. The Hall–Kier alpha value is -2.09. The number of nitrogens with zero attached hydrogens (tertiary/aromatic N) is 3. The van der Waals surface area contributed by atoms with E-state index in [1.165, 1.54) is 7.11 Å². The molecule has 1 saturated heterocycles. The van der Waals surface area contributed by atoms with Gasteiger partial charge in [-0.3, -0.25) is 9.78 Å². The molecule has 2 rings (SSSR count). The molecule has 0 bridgehead atoms. The summed E-state index contributed by atoms with van der Waals surface area (Å²) in [5.41, 5.74) is 1.38. The number of aromatic nitrogens is 1. The van der Waals surface area contributed by atoms with Crippen LogP contribution >= 0.6 is 0 Å². The van der Waals surface area contributed by atoms with Crippen LogP contribution in [0.25, 0.3) is 0 Å². The van der Waals surface area contributed by atoms with Crippen LogP contribution in [0.3, 0.4) is 0 Å². The normalized spacial score (nSPS) is 22.6. The van der Waals surface area contributed by atoms with E-state index < -0.39 is 0 Å². The standard InChI is InChI=1S/C13H15N3O2/c1-9-7-16(8-11(9)13(17)18-2)12-6-15-4-3-10(12)5-14/h3-4,6,9,11H,7-8H2,1-2H3. The van der Waals surface area contributed by atoms with Crippen molar-refractivity contribution >= 4 is 11.7 Å². The molecule has 0 N–H and O–H groups in total. The van der Waals surface area contributed by atoms with Crippen molar-refractivity contribution < 1.29 is 9.53 Å². The molecule has 2 heterocycles. The summed E-state index contributed by atoms with van der Waals surface area (Å²) < 4.78 is 4.80. The van der Waals surface area contributed by atoms with Gasteiger partial charge in [0, 0.05) is 19.3 Å². The Balaban J connectivity index is 2.22. The Labute approximate surface area is 106 Å². The zero-order valence-electron chi connectivity index (χ0n) is 10.5. The summed E-state index contributed by atoms with van der Waals surface area (Å²) in [7, 11) is 1.41. The van der Waals surface area contributed by atoms with E-state index in [0.717, 1.165) is 12.2 Å². The van der Waals surface area contributed by atoms with Crippen LogP contribution in [0.5, 0.6) is 0 Å². The number of anilines is 1. The first kappa shape index (κ1) is 12.4. The van der Waals surface area contributed by atoms with Gasteiger partial charge in [-0.2, -0.15) is 5.26 Å². The number of pyridine rings is 1. The van der Waals surface area contributed by atoms with Gasteiger partial charge in [0.2, 0.25) is 0 Å². The van der Waals surface area contributed by atoms with E-state index in [2.05, 4.69) is 11.1 Å². The highest BCUT2D eigenvalue weighted by atomic mass is 16.5. The molecule has 5 heteroatoms. The molecule has 0 amide bonds. The highest BCUT2D eigenvalue weighted by Crippen LogP contribution is 2.30. The number of carbonyl (C=O) groups excluding carboxylic acids is 1. The molecule has 0 aliphatic carbocycles. The molecule has 1 aromatic heterocycles. The Morgan fingerprint density at radius 2 is 2.39 bits per heavy atom. The Kier molecular flexibility index (Phi) is 3.47. The molecule has 1 aromatic rings. The molecule has 2 unspecified atom stereocenters. The lowest BCUT2D eigenvalue weighted by Gasteiger charge is -2.18. The quantitative estimate of drug-likeness (QED) is 0.732. The molecular weight excluding hydrogens is 230 g/mol. The molecule has 0 aromatic carbocycles. The van der Waals surface area contributed by atoms with Gasteiger partial charge in [0.05, 0.1) is 30.5 Å². The summed E-state index contributed by atoms with van der Waals surface area (Å²) in [6, 6.07) is 3.83. The molecule has 0 saturated carbocycles. The SMILES string of the molecule is COC(=O)C1CN(c2cnccc2C#N)CC1C. The zero-order chi connectivity index (χ0) is 13.1. The van der Waals surface area contributed by atoms with Gasteiger partial charge in [-0.05, 0) is 12.0 Å². The fraction of sp³-hybridized carbons (Fsp3) is 0.462. The number of hydrogen-bond donors (Lipinski definition) is 0. The molecule has 1 aliphatic rings. The first-order valence-corrected chi connectivity index (χ1v) is 5.84. The van der Waals surface area contributed by atoms with Crippen LogP contribution in [0, 0.1) is 23.2 Å². The van der Waals surface area contributed by atoms with Gasteiger partial charge in [-0.1, -0.05) is 6.92 Å². The van der Waals surface area contributed by atoms with Crippen LogP contribution in [0.4, 0.5) is 5.69 Å². The summed E-state index contributed by atoms with van der Waals surface area (Å²) in [6.45, 7) is 3.33. The third-order valence-corrected chi connectivity index (χ3v) is 3.38. The molecule has 1 fully saturated rings. The van der Waals surface area contributed by atoms with Crippen molar-refractivity contribution in [3.8, 4) is 6.07 Å². The number of nitriles is 1. The summed E-state index contributed by atoms with van der Waals surface area (Å²) in [4.78, 5) is 17.7. The van der Waals surface area contributed by atoms with Crippen molar-refractivity contribution in [2.24, 2.45) is 11.8 Å². The van der Waals surface area contributed by atoms with Crippen molar-refractivity contribution in [2.75, 3.05) is 25.1 Å². The first-order chi connectivity index (χ1) is 8.67. The highest BCUT2D eigenvalue weighted by Gasteiger charge is 2.36. The van der Waals surface area contributed by atoms with Gasteiger partial charge in [0.1, 0.15) is 6.07 Å². The molecular formula is C13H15N3O2. The minimum Gasteiger partial charge on any atom is -0.469 e. The average Bonchev–Trinajstić information content (AvgIpc) is 2.79. The summed E-state index contributed by atoms with van der Waals surface area (Å²) >= 11 is 0. The van der Waals surface area contributed by atoms with Crippen LogP contribution in [0.2, 0.25) is 0 Å². The molecule has 2 atom stereocenters. The predicted molar refractivity (Wildman–Crippen MR) is 65.8 cm³/mol. The van der Waals surface area contributed by atoms with Gasteiger partial charge >= 0.3 is 5.97 Å². The first-order valence-electron chi connectivity index (χ1n) is 5.84. The summed E-state index contributed by atoms with van der Waals surface area (Å²) in [6.07, 6.45) is 3.27. The number of esters is 1. The van der Waals surface area contributed by atoms with Gasteiger partial charge in [-0.15, -0.1) is 0 Å². The second-order valence-electron chi connectivity index (χ2n) is 4.52. The van der Waals surface area contributed by atoms with Crippen molar-refractivity contribution in [1.82, 2.24) is 4.98 Å². The molecule has 0 radical (unpaired) electrons. The average molecular weight is 245 g/mol. The molecule has 18 heavy (non-hydrogen) atoms. The van der Waals surface area contributed by atoms with Crippen LogP contribution < -0.4 is 4.90 Å². The van der Waals surface area contributed by atoms with Gasteiger partial charge in [0.25, 0.3) is 0 Å². The molecule has 94 valence electrons. The van der Waals surface area contributed by atoms with Gasteiger partial charge in [-0.25, -0.2) is 0 Å². The van der Waals surface area contributed by atoms with Gasteiger partial charge in [0.15, 0.2) is 0 Å². The number of methoxy groups -OCH3 is 1. The van der Waals surface area contributed by atoms with Crippen LogP contribution in [-0.4, -0.2) is 31.2 Å². The molecule has 1 aliphatic heterocycles. The third kappa shape index (κ3) is 2.14. The number of rotatable bonds is 2. The minimum atomic E-state index is -0.188. The maximum absolute atomic E-state index is 11.6. The number of ether oxygens (including phenoxy) is 1. The number of carbonyl (C=O) groups is 1. The third-order valence-electron chi connectivity index (χ3n) is 3.38. The lowest BCUT2D eigenvalue weighted by atomic mass is 9.99. The highest BCUT2D eigenvalue weighted by molar-refractivity contribution is 5.75. The second kappa shape index (κ2) is 5.05. The number of hydrogen-bond acceptors (Lipinski definition) is 5. The molecule has 5 nitrogen and oxygen atoms in total. The Morgan fingerprint density at radius 3 is 3.06 bits per heavy atom. The van der Waals surface area contributed by atoms with Crippen LogP contribution in [-0.2, 0) is 9.53 Å². The maximum Gasteiger partial charge on any atom is 0.310 e. The van der Waals surface area contributed by atoms with Gasteiger partial charge < -0.3 is 9.64 Å². The van der Waals surface area contributed by atoms with Crippen molar-refractivity contribution in [3.63, 3.8) is 0 Å². The van der Waals surface area contributed by atoms with E-state index in [1.807, 2.05) is 11.8 Å². The Bertz CT molecular complexity index is 495. The lowest BCUT2D eigenvalue weighted by Crippen LogP contribution is -2.24. The molecule has 0 spiro atoms. The second-order valence-corrected chi connectivity index (χ2v) is 4.52. The minimum absolute atomic E-state index is 0.137. The predicted octanol–water partition coefficient (Wildman–Crippen LogP) is 1.20. The van der Waals surface area contributed by atoms with E-state index in [0.29, 0.717) is 12.1 Å². The summed E-state index contributed by atoms with van der Waals surface area (Å²) in [5, 5.41) is 9.07. The van der Waals surface area contributed by atoms with Crippen molar-refractivity contribution in [2.45, 2.75) is 6.92 Å². The Morgan fingerprint density at radius 1 is 1.61 bits per heavy atom. The van der Waals surface area contributed by atoms with Crippen molar-refractivity contribution in [1.29, 1.82) is 5.26 Å². The van der Waals surface area contributed by atoms with E-state index in [-0.39, 0.29) is 17.8 Å². The fourth-order valence-corrected chi connectivity index (χ4v) is 2.35. The smallest absolute Gasteiger partial charge is 0.310 e. The van der Waals surface area contributed by atoms with E-state index in [9.17, 15) is 4.79 Å². The topological polar surface area (TPSA) is 66.2 Å². The fourth-order valence-electron chi connectivity index (χ4n) is 2.35. The van der Waals surface area contributed by atoms with Crippen LogP contribution in [0.15, 0.2) is 18.5 Å². The van der Waals surface area contributed by atoms with Crippen LogP contribution in [0.1, 0.15) is 12.5 Å². The maximum atomic E-state index is 11.6. The van der Waals surface area contributed by atoms with Crippen molar-refractivity contribution in [3.05, 3.63) is 24.0 Å². The van der Waals surface area contributed by atoms with E-state index >= 15 is 0 Å². The largest absolute Gasteiger partial charge is 0.469 e. The van der Waals surface area contributed by atoms with E-state index in [4.69, 9.17) is 10.00 Å². The monoisotopic (exact) mass is 245 g/mol. The zero-order valence-corrected chi connectivity index (χ0v) is 10.5. The van der Waals surface area contributed by atoms with E-state index in [1.54, 1.807) is 18.5 Å².